The van der Waals surface area contributed by atoms with Crippen LogP contribution in [0, 0.1) is 0 Å². The van der Waals surface area contributed by atoms with Gasteiger partial charge in [0.2, 0.25) is 0 Å². The Hall–Kier alpha value is -0.840. The highest BCUT2D eigenvalue weighted by Gasteiger charge is 2.31. The summed E-state index contributed by atoms with van der Waals surface area (Å²) in [5, 5.41) is 4.09. The summed E-state index contributed by atoms with van der Waals surface area (Å²) in [6.45, 7) is 8.41. The third-order valence-corrected chi connectivity index (χ3v) is 4.62. The first-order valence-electron chi connectivity index (χ1n) is 7.62. The Balaban J connectivity index is 1.70. The Kier molecular flexibility index (Phi) is 4.44. The Labute approximate surface area is 126 Å². The van der Waals surface area contributed by atoms with Crippen LogP contribution in [0.1, 0.15) is 25.3 Å². The zero-order valence-corrected chi connectivity index (χ0v) is 12.9. The van der Waals surface area contributed by atoms with Crippen LogP contribution >= 0.6 is 11.6 Å². The molecule has 2 fully saturated rings. The molecule has 20 heavy (non-hydrogen) atoms. The molecule has 0 aliphatic carbocycles. The van der Waals surface area contributed by atoms with Gasteiger partial charge in [-0.05, 0) is 37.6 Å². The molecular formula is C15H23ClN4. The van der Waals surface area contributed by atoms with Crippen LogP contribution in [0.2, 0.25) is 5.02 Å². The lowest BCUT2D eigenvalue weighted by atomic mass is 10.1. The number of nitrogens with zero attached hydrogens (tertiary/aromatic N) is 3. The highest BCUT2D eigenvalue weighted by Crippen LogP contribution is 2.29. The number of pyridine rings is 1. The van der Waals surface area contributed by atoms with Gasteiger partial charge in [-0.2, -0.15) is 0 Å². The van der Waals surface area contributed by atoms with Crippen molar-refractivity contribution in [2.75, 3.05) is 37.6 Å². The first-order valence-corrected chi connectivity index (χ1v) is 8.00. The van der Waals surface area contributed by atoms with E-state index in [0.717, 1.165) is 49.1 Å². The molecule has 1 N–H and O–H groups in total. The summed E-state index contributed by atoms with van der Waals surface area (Å²) in [5.74, 6) is 0.957. The van der Waals surface area contributed by atoms with E-state index in [4.69, 9.17) is 11.6 Å². The van der Waals surface area contributed by atoms with Gasteiger partial charge in [-0.15, -0.1) is 0 Å². The van der Waals surface area contributed by atoms with Crippen LogP contribution in [0.25, 0.3) is 0 Å². The summed E-state index contributed by atoms with van der Waals surface area (Å²) >= 11 is 6.44. The maximum absolute atomic E-state index is 6.44. The minimum atomic E-state index is 0.697. The molecule has 3 heterocycles. The number of hydrogen-bond donors (Lipinski definition) is 1. The fraction of sp³-hybridized carbons (Fsp3) is 0.667. The lowest BCUT2D eigenvalue weighted by Gasteiger charge is -2.38. The van der Waals surface area contributed by atoms with Crippen molar-refractivity contribution < 1.29 is 0 Å². The molecule has 5 heteroatoms. The van der Waals surface area contributed by atoms with Crippen molar-refractivity contribution in [1.82, 2.24) is 15.2 Å². The molecule has 0 amide bonds. The number of anilines is 1. The quantitative estimate of drug-likeness (QED) is 0.922. The zero-order chi connectivity index (χ0) is 13.9. The van der Waals surface area contributed by atoms with Gasteiger partial charge in [-0.3, -0.25) is 4.90 Å². The highest BCUT2D eigenvalue weighted by atomic mass is 35.5. The number of hydrogen-bond acceptors (Lipinski definition) is 4. The van der Waals surface area contributed by atoms with Gasteiger partial charge in [-0.25, -0.2) is 4.98 Å². The standard InChI is InChI=1S/C15H23ClN4/c1-2-17-9-12-8-14(16)15(18-10-12)20-7-6-19-5-3-4-13(19)11-20/h8,10,13,17H,2-7,9,11H2,1H3. The number of nitrogens with one attached hydrogen (secondary N) is 1. The zero-order valence-electron chi connectivity index (χ0n) is 12.1. The molecule has 2 aliphatic heterocycles. The molecule has 0 aromatic carbocycles. The molecule has 2 aliphatic rings. The Morgan fingerprint density at radius 1 is 1.40 bits per heavy atom. The molecule has 1 aromatic rings. The van der Waals surface area contributed by atoms with Crippen LogP contribution in [0.15, 0.2) is 12.3 Å². The first-order chi connectivity index (χ1) is 9.78. The summed E-state index contributed by atoms with van der Waals surface area (Å²) in [5.41, 5.74) is 1.15. The molecular weight excluding hydrogens is 272 g/mol. The lowest BCUT2D eigenvalue weighted by Crippen LogP contribution is -2.50. The van der Waals surface area contributed by atoms with Gasteiger partial charge in [0.05, 0.1) is 5.02 Å². The Bertz CT molecular complexity index is 465. The van der Waals surface area contributed by atoms with Crippen molar-refractivity contribution in [2.45, 2.75) is 32.4 Å². The van der Waals surface area contributed by atoms with Gasteiger partial charge >= 0.3 is 0 Å². The summed E-state index contributed by atoms with van der Waals surface area (Å²) in [6.07, 6.45) is 4.60. The molecule has 1 atom stereocenters. The molecule has 110 valence electrons. The summed E-state index contributed by atoms with van der Waals surface area (Å²) < 4.78 is 0. The van der Waals surface area contributed by atoms with Crippen molar-refractivity contribution in [1.29, 1.82) is 0 Å². The van der Waals surface area contributed by atoms with E-state index >= 15 is 0 Å². The molecule has 2 saturated heterocycles. The molecule has 4 nitrogen and oxygen atoms in total. The Morgan fingerprint density at radius 2 is 2.30 bits per heavy atom. The summed E-state index contributed by atoms with van der Waals surface area (Å²) in [7, 11) is 0. The molecule has 0 spiro atoms. The monoisotopic (exact) mass is 294 g/mol. The van der Waals surface area contributed by atoms with Gasteiger partial charge in [0, 0.05) is 38.4 Å². The van der Waals surface area contributed by atoms with E-state index in [2.05, 4.69) is 27.0 Å². The van der Waals surface area contributed by atoms with E-state index < -0.39 is 0 Å². The molecule has 1 unspecified atom stereocenters. The van der Waals surface area contributed by atoms with Crippen LogP contribution in [0.5, 0.6) is 0 Å². The predicted molar refractivity (Wildman–Crippen MR) is 83.4 cm³/mol. The third-order valence-electron chi connectivity index (χ3n) is 4.34. The second-order valence-electron chi connectivity index (χ2n) is 5.71. The number of fused-ring (bicyclic) bond motifs is 1. The molecule has 0 radical (unpaired) electrons. The van der Waals surface area contributed by atoms with E-state index in [-0.39, 0.29) is 0 Å². The van der Waals surface area contributed by atoms with E-state index in [1.54, 1.807) is 0 Å². The average molecular weight is 295 g/mol. The van der Waals surface area contributed by atoms with Gasteiger partial charge < -0.3 is 10.2 Å². The average Bonchev–Trinajstić information content (AvgIpc) is 2.92. The normalized spacial score (nSPS) is 23.1. The summed E-state index contributed by atoms with van der Waals surface area (Å²) in [6, 6.07) is 2.75. The molecule has 3 rings (SSSR count). The van der Waals surface area contributed by atoms with E-state index in [9.17, 15) is 0 Å². The van der Waals surface area contributed by atoms with Crippen LogP contribution in [-0.4, -0.2) is 48.6 Å². The fourth-order valence-electron chi connectivity index (χ4n) is 3.25. The van der Waals surface area contributed by atoms with Crippen LogP contribution in [-0.2, 0) is 6.54 Å². The second-order valence-corrected chi connectivity index (χ2v) is 6.11. The van der Waals surface area contributed by atoms with Crippen molar-refractivity contribution >= 4 is 17.4 Å². The smallest absolute Gasteiger partial charge is 0.147 e. The maximum atomic E-state index is 6.44. The number of halogens is 1. The largest absolute Gasteiger partial charge is 0.353 e. The van der Waals surface area contributed by atoms with Crippen molar-refractivity contribution in [2.24, 2.45) is 0 Å². The summed E-state index contributed by atoms with van der Waals surface area (Å²) in [4.78, 5) is 9.56. The number of piperazine rings is 1. The molecule has 1 aromatic heterocycles. The lowest BCUT2D eigenvalue weighted by molar-refractivity contribution is 0.230. The van der Waals surface area contributed by atoms with Gasteiger partial charge in [0.1, 0.15) is 5.82 Å². The predicted octanol–water partition coefficient (Wildman–Crippen LogP) is 2.13. The number of aromatic nitrogens is 1. The van der Waals surface area contributed by atoms with Crippen LogP contribution < -0.4 is 10.2 Å². The van der Waals surface area contributed by atoms with Crippen molar-refractivity contribution in [3.05, 3.63) is 22.8 Å². The Morgan fingerprint density at radius 3 is 3.10 bits per heavy atom. The number of rotatable bonds is 4. The van der Waals surface area contributed by atoms with Gasteiger partial charge in [0.15, 0.2) is 0 Å². The SMILES string of the molecule is CCNCc1cnc(N2CCN3CCCC3C2)c(Cl)c1. The van der Waals surface area contributed by atoms with E-state index in [1.807, 2.05) is 12.3 Å². The minimum Gasteiger partial charge on any atom is -0.353 e. The van der Waals surface area contributed by atoms with Gasteiger partial charge in [-0.1, -0.05) is 18.5 Å². The fourth-order valence-corrected chi connectivity index (χ4v) is 3.56. The van der Waals surface area contributed by atoms with Crippen molar-refractivity contribution in [3.63, 3.8) is 0 Å². The minimum absolute atomic E-state index is 0.697. The highest BCUT2D eigenvalue weighted by molar-refractivity contribution is 6.33. The van der Waals surface area contributed by atoms with Gasteiger partial charge in [0.25, 0.3) is 0 Å². The molecule has 0 bridgehead atoms. The van der Waals surface area contributed by atoms with Crippen LogP contribution in [0.4, 0.5) is 5.82 Å². The first kappa shape index (κ1) is 14.1. The van der Waals surface area contributed by atoms with E-state index in [1.165, 1.54) is 19.4 Å². The topological polar surface area (TPSA) is 31.4 Å². The van der Waals surface area contributed by atoms with E-state index in [0.29, 0.717) is 6.04 Å². The third kappa shape index (κ3) is 2.92. The second kappa shape index (κ2) is 6.29. The maximum Gasteiger partial charge on any atom is 0.147 e. The van der Waals surface area contributed by atoms with Crippen LogP contribution in [0.3, 0.4) is 0 Å². The molecule has 0 saturated carbocycles. The van der Waals surface area contributed by atoms with Crippen molar-refractivity contribution in [3.8, 4) is 0 Å².